The van der Waals surface area contributed by atoms with Gasteiger partial charge in [0, 0.05) is 26.3 Å². The predicted octanol–water partition coefficient (Wildman–Crippen LogP) is 7.38. The molecule has 0 fully saturated rings. The molecule has 0 N–H and O–H groups in total. The molecule has 124 valence electrons. The number of fused-ring (bicyclic) bond motifs is 1. The van der Waals surface area contributed by atoms with Crippen molar-refractivity contribution in [2.45, 2.75) is 6.85 Å². The van der Waals surface area contributed by atoms with E-state index in [1.807, 2.05) is 52.7 Å². The normalized spacial score (nSPS) is 13.3. The van der Waals surface area contributed by atoms with Gasteiger partial charge in [-0.05, 0) is 43.3 Å². The first-order valence-corrected chi connectivity index (χ1v) is 9.18. The molecule has 25 heavy (non-hydrogen) atoms. The number of aromatic nitrogens is 1. The van der Waals surface area contributed by atoms with E-state index < -0.39 is 6.85 Å². The molecular formula is C20H14Cl2N2S. The van der Waals surface area contributed by atoms with Gasteiger partial charge in [-0.1, -0.05) is 47.5 Å². The van der Waals surface area contributed by atoms with Gasteiger partial charge in [-0.15, -0.1) is 11.3 Å². The summed E-state index contributed by atoms with van der Waals surface area (Å²) in [4.78, 5) is 7.01. The molecule has 2 aromatic heterocycles. The minimum absolute atomic E-state index is 0.0837. The van der Waals surface area contributed by atoms with Gasteiger partial charge in [-0.2, -0.15) is 0 Å². The van der Waals surface area contributed by atoms with Crippen LogP contribution in [-0.4, -0.2) is 4.98 Å². The first-order chi connectivity index (χ1) is 13.4. The third-order valence-electron chi connectivity index (χ3n) is 3.85. The molecule has 4 aromatic rings. The van der Waals surface area contributed by atoms with E-state index in [1.165, 1.54) is 11.3 Å². The molecule has 2 heterocycles. The molecule has 0 saturated heterocycles. The zero-order valence-electron chi connectivity index (χ0n) is 15.9. The van der Waals surface area contributed by atoms with E-state index >= 15 is 0 Å². The van der Waals surface area contributed by atoms with Gasteiger partial charge in [0.25, 0.3) is 0 Å². The molecule has 2 aromatic carbocycles. The molecule has 5 heteroatoms. The molecule has 0 atom stereocenters. The summed E-state index contributed by atoms with van der Waals surface area (Å²) in [6.45, 7) is -2.24. The smallest absolute Gasteiger partial charge is 0.125 e. The Morgan fingerprint density at radius 2 is 1.80 bits per heavy atom. The van der Waals surface area contributed by atoms with Crippen LogP contribution in [0.4, 0.5) is 17.1 Å². The van der Waals surface area contributed by atoms with E-state index in [2.05, 4.69) is 4.98 Å². The van der Waals surface area contributed by atoms with E-state index in [1.54, 1.807) is 18.2 Å². The van der Waals surface area contributed by atoms with Gasteiger partial charge in [0.1, 0.15) is 4.83 Å². The molecule has 0 bridgehead atoms. The largest absolute Gasteiger partial charge is 0.307 e. The SMILES string of the molecule is [2H]C([2H])([2H])c1ccc2c(N(c3ccccc3)c3cccc(Cl)c3Cl)csc2n1. The molecule has 0 spiro atoms. The van der Waals surface area contributed by atoms with Gasteiger partial charge in [0.2, 0.25) is 0 Å². The molecule has 0 aliphatic carbocycles. The fourth-order valence-electron chi connectivity index (χ4n) is 2.72. The molecular weight excluding hydrogens is 371 g/mol. The van der Waals surface area contributed by atoms with Crippen molar-refractivity contribution < 1.29 is 4.11 Å². The second kappa shape index (κ2) is 6.68. The number of hydrogen-bond donors (Lipinski definition) is 0. The fourth-order valence-corrected chi connectivity index (χ4v) is 4.01. The van der Waals surface area contributed by atoms with Gasteiger partial charge in [0.15, 0.2) is 0 Å². The van der Waals surface area contributed by atoms with E-state index in [4.69, 9.17) is 27.3 Å². The Morgan fingerprint density at radius 3 is 2.60 bits per heavy atom. The average Bonchev–Trinajstić information content (AvgIpc) is 3.09. The van der Waals surface area contributed by atoms with Crippen molar-refractivity contribution in [2.24, 2.45) is 0 Å². The van der Waals surface area contributed by atoms with Crippen molar-refractivity contribution in [2.75, 3.05) is 4.90 Å². The lowest BCUT2D eigenvalue weighted by Crippen LogP contribution is -2.10. The van der Waals surface area contributed by atoms with E-state index in [0.29, 0.717) is 14.9 Å². The van der Waals surface area contributed by atoms with Crippen LogP contribution >= 0.6 is 34.5 Å². The standard InChI is InChI=1S/C20H14Cl2N2S/c1-13-10-11-15-18(12-25-20(15)23-13)24(14-6-3-2-4-7-14)17-9-5-8-16(21)19(17)22/h2-12H,1H3/i1D3. The first kappa shape index (κ1) is 13.2. The number of aryl methyl sites for hydroxylation is 1. The summed E-state index contributed by atoms with van der Waals surface area (Å²) in [7, 11) is 0. The third kappa shape index (κ3) is 2.99. The Kier molecular flexibility index (Phi) is 3.52. The predicted molar refractivity (Wildman–Crippen MR) is 109 cm³/mol. The van der Waals surface area contributed by atoms with Crippen LogP contribution in [0.1, 0.15) is 9.81 Å². The van der Waals surface area contributed by atoms with E-state index in [-0.39, 0.29) is 5.69 Å². The number of anilines is 3. The molecule has 4 rings (SSSR count). The summed E-state index contributed by atoms with van der Waals surface area (Å²) in [5.74, 6) is 0. The Morgan fingerprint density at radius 1 is 0.960 bits per heavy atom. The lowest BCUT2D eigenvalue weighted by atomic mass is 10.2. The monoisotopic (exact) mass is 387 g/mol. The number of thiophene rings is 1. The zero-order valence-corrected chi connectivity index (χ0v) is 15.2. The second-order valence-corrected chi connectivity index (χ2v) is 7.06. The maximum Gasteiger partial charge on any atom is 0.125 e. The van der Waals surface area contributed by atoms with E-state index in [0.717, 1.165) is 22.4 Å². The summed E-state index contributed by atoms with van der Waals surface area (Å²) < 4.78 is 22.8. The number of nitrogens with zero attached hydrogens (tertiary/aromatic N) is 2. The number of rotatable bonds is 3. The first-order valence-electron chi connectivity index (χ1n) is 9.04. The van der Waals surface area contributed by atoms with Gasteiger partial charge < -0.3 is 4.90 Å². The Labute approximate surface area is 164 Å². The summed E-state index contributed by atoms with van der Waals surface area (Å²) in [5, 5.41) is 3.70. The van der Waals surface area contributed by atoms with Gasteiger partial charge in [-0.3, -0.25) is 0 Å². The van der Waals surface area contributed by atoms with Crippen molar-refractivity contribution in [1.29, 1.82) is 0 Å². The summed E-state index contributed by atoms with van der Waals surface area (Å²) in [6, 6.07) is 18.6. The number of halogens is 2. The van der Waals surface area contributed by atoms with Gasteiger partial charge in [0.05, 0.1) is 21.4 Å². The Bertz CT molecular complexity index is 1140. The van der Waals surface area contributed by atoms with Crippen molar-refractivity contribution in [3.05, 3.63) is 81.8 Å². The molecule has 0 unspecified atom stereocenters. The molecule has 0 radical (unpaired) electrons. The number of hydrogen-bond acceptors (Lipinski definition) is 3. The van der Waals surface area contributed by atoms with Crippen LogP contribution in [0.15, 0.2) is 66.0 Å². The number of para-hydroxylation sites is 1. The van der Waals surface area contributed by atoms with Gasteiger partial charge in [-0.25, -0.2) is 4.98 Å². The Hall–Kier alpha value is -2.07. The quantitative estimate of drug-likeness (QED) is 0.364. The molecule has 0 amide bonds. The lowest BCUT2D eigenvalue weighted by Gasteiger charge is -2.26. The van der Waals surface area contributed by atoms with Crippen molar-refractivity contribution in [3.63, 3.8) is 0 Å². The van der Waals surface area contributed by atoms with Gasteiger partial charge >= 0.3 is 0 Å². The second-order valence-electron chi connectivity index (χ2n) is 5.41. The Balaban J connectivity index is 1.94. The highest BCUT2D eigenvalue weighted by atomic mass is 35.5. The van der Waals surface area contributed by atoms with E-state index in [9.17, 15) is 0 Å². The highest BCUT2D eigenvalue weighted by molar-refractivity contribution is 7.17. The molecule has 0 saturated carbocycles. The molecule has 0 aliphatic rings. The summed E-state index contributed by atoms with van der Waals surface area (Å²) >= 11 is 14.2. The van der Waals surface area contributed by atoms with Crippen molar-refractivity contribution in [1.82, 2.24) is 4.98 Å². The van der Waals surface area contributed by atoms with Crippen LogP contribution in [0.25, 0.3) is 10.2 Å². The van der Waals surface area contributed by atoms with Crippen LogP contribution in [0, 0.1) is 6.85 Å². The van der Waals surface area contributed by atoms with Crippen molar-refractivity contribution >= 4 is 61.8 Å². The van der Waals surface area contributed by atoms with Crippen LogP contribution in [0.3, 0.4) is 0 Å². The summed E-state index contributed by atoms with van der Waals surface area (Å²) in [5.41, 5.74) is 2.59. The van der Waals surface area contributed by atoms with Crippen molar-refractivity contribution in [3.8, 4) is 0 Å². The third-order valence-corrected chi connectivity index (χ3v) is 5.53. The fraction of sp³-hybridized carbons (Fsp3) is 0.0500. The minimum atomic E-state index is -2.24. The minimum Gasteiger partial charge on any atom is -0.307 e. The zero-order chi connectivity index (χ0) is 19.9. The van der Waals surface area contributed by atoms with Crippen LogP contribution in [0.5, 0.6) is 0 Å². The topological polar surface area (TPSA) is 16.1 Å². The number of benzene rings is 2. The molecule has 2 nitrogen and oxygen atoms in total. The van der Waals surface area contributed by atoms with Crippen LogP contribution < -0.4 is 4.90 Å². The van der Waals surface area contributed by atoms with Crippen LogP contribution in [-0.2, 0) is 0 Å². The highest BCUT2D eigenvalue weighted by Crippen LogP contribution is 2.45. The number of pyridine rings is 1. The molecule has 0 aliphatic heterocycles. The summed E-state index contributed by atoms with van der Waals surface area (Å²) in [6.07, 6.45) is 0. The van der Waals surface area contributed by atoms with Crippen LogP contribution in [0.2, 0.25) is 10.0 Å². The maximum absolute atomic E-state index is 7.59. The highest BCUT2D eigenvalue weighted by Gasteiger charge is 2.20. The lowest BCUT2D eigenvalue weighted by molar-refractivity contribution is 1.26. The average molecular weight is 388 g/mol. The maximum atomic E-state index is 7.59.